The van der Waals surface area contributed by atoms with Gasteiger partial charge in [-0.2, -0.15) is 0 Å². The van der Waals surface area contributed by atoms with Crippen LogP contribution in [0.4, 0.5) is 5.69 Å². The normalized spacial score (nSPS) is 11.4. The summed E-state index contributed by atoms with van der Waals surface area (Å²) in [7, 11) is 1.69. The van der Waals surface area contributed by atoms with E-state index >= 15 is 0 Å². The molecule has 0 bridgehead atoms. The molecule has 0 amide bonds. The Bertz CT molecular complexity index is 361. The van der Waals surface area contributed by atoms with Gasteiger partial charge in [0.1, 0.15) is 5.75 Å². The molecule has 96 valence electrons. The summed E-state index contributed by atoms with van der Waals surface area (Å²) >= 11 is 0. The Morgan fingerprint density at radius 2 is 2.06 bits per heavy atom. The first-order chi connectivity index (χ1) is 7.98. The lowest BCUT2D eigenvalue weighted by atomic mass is 9.90. The lowest BCUT2D eigenvalue weighted by Crippen LogP contribution is -2.26. The van der Waals surface area contributed by atoms with Crippen molar-refractivity contribution in [1.29, 1.82) is 0 Å². The Balaban J connectivity index is 2.59. The van der Waals surface area contributed by atoms with Gasteiger partial charge in [0.05, 0.1) is 12.8 Å². The van der Waals surface area contributed by atoms with Crippen molar-refractivity contribution in [2.45, 2.75) is 27.2 Å². The molecule has 17 heavy (non-hydrogen) atoms. The quantitative estimate of drug-likeness (QED) is 0.798. The van der Waals surface area contributed by atoms with Gasteiger partial charge in [-0.05, 0) is 43.0 Å². The molecule has 0 spiro atoms. The van der Waals surface area contributed by atoms with Crippen LogP contribution < -0.4 is 15.8 Å². The summed E-state index contributed by atoms with van der Waals surface area (Å²) in [6.07, 6.45) is 1.04. The Morgan fingerprint density at radius 1 is 1.35 bits per heavy atom. The van der Waals surface area contributed by atoms with Gasteiger partial charge in [-0.25, -0.2) is 0 Å². The van der Waals surface area contributed by atoms with E-state index in [1.54, 1.807) is 7.11 Å². The monoisotopic (exact) mass is 236 g/mol. The number of methoxy groups -OCH3 is 1. The number of nitrogens with two attached hydrogens (primary N) is 1. The SMILES string of the molecule is COc1ccc(C)cc1NCCC(C)(C)CN. The standard InChI is InChI=1S/C14H24N2O/c1-11-5-6-13(17-4)12(9-11)16-8-7-14(2,3)10-15/h5-6,9,16H,7-8,10,15H2,1-4H3. The number of rotatable bonds is 6. The minimum Gasteiger partial charge on any atom is -0.495 e. The molecule has 1 aromatic carbocycles. The predicted octanol–water partition coefficient (Wildman–Crippen LogP) is 2.79. The van der Waals surface area contributed by atoms with Crippen LogP contribution in [-0.2, 0) is 0 Å². The van der Waals surface area contributed by atoms with Crippen LogP contribution in [0.15, 0.2) is 18.2 Å². The van der Waals surface area contributed by atoms with Crippen LogP contribution in [0.2, 0.25) is 0 Å². The zero-order chi connectivity index (χ0) is 12.9. The Kier molecular flexibility index (Phi) is 4.82. The molecule has 3 N–H and O–H groups in total. The van der Waals surface area contributed by atoms with Gasteiger partial charge in [0.25, 0.3) is 0 Å². The van der Waals surface area contributed by atoms with Crippen molar-refractivity contribution in [1.82, 2.24) is 0 Å². The molecular formula is C14H24N2O. The van der Waals surface area contributed by atoms with Crippen molar-refractivity contribution in [2.75, 3.05) is 25.5 Å². The van der Waals surface area contributed by atoms with Gasteiger partial charge >= 0.3 is 0 Å². The predicted molar refractivity (Wildman–Crippen MR) is 73.7 cm³/mol. The van der Waals surface area contributed by atoms with Gasteiger partial charge in [0.2, 0.25) is 0 Å². The van der Waals surface area contributed by atoms with Crippen LogP contribution in [0.3, 0.4) is 0 Å². The maximum atomic E-state index is 5.71. The number of nitrogens with one attached hydrogen (secondary N) is 1. The molecule has 0 aliphatic carbocycles. The summed E-state index contributed by atoms with van der Waals surface area (Å²) in [5.41, 5.74) is 8.18. The number of aryl methyl sites for hydroxylation is 1. The summed E-state index contributed by atoms with van der Waals surface area (Å²) in [6.45, 7) is 8.06. The Hall–Kier alpha value is -1.22. The van der Waals surface area contributed by atoms with E-state index in [0.29, 0.717) is 6.54 Å². The third kappa shape index (κ3) is 4.27. The van der Waals surface area contributed by atoms with Crippen molar-refractivity contribution in [3.63, 3.8) is 0 Å². The largest absolute Gasteiger partial charge is 0.495 e. The second-order valence-corrected chi connectivity index (χ2v) is 5.25. The highest BCUT2D eigenvalue weighted by atomic mass is 16.5. The minimum absolute atomic E-state index is 0.185. The number of hydrogen-bond acceptors (Lipinski definition) is 3. The summed E-state index contributed by atoms with van der Waals surface area (Å²) < 4.78 is 5.32. The zero-order valence-electron chi connectivity index (χ0n) is 11.3. The highest BCUT2D eigenvalue weighted by Crippen LogP contribution is 2.26. The van der Waals surface area contributed by atoms with Crippen LogP contribution in [-0.4, -0.2) is 20.2 Å². The maximum absolute atomic E-state index is 5.71. The smallest absolute Gasteiger partial charge is 0.141 e. The average molecular weight is 236 g/mol. The highest BCUT2D eigenvalue weighted by molar-refractivity contribution is 5.57. The van der Waals surface area contributed by atoms with Crippen molar-refractivity contribution in [2.24, 2.45) is 11.1 Å². The van der Waals surface area contributed by atoms with E-state index in [2.05, 4.69) is 32.2 Å². The third-order valence-corrected chi connectivity index (χ3v) is 3.02. The fraction of sp³-hybridized carbons (Fsp3) is 0.571. The lowest BCUT2D eigenvalue weighted by molar-refractivity contribution is 0.357. The number of benzene rings is 1. The molecule has 1 rings (SSSR count). The molecule has 3 nitrogen and oxygen atoms in total. The molecule has 0 unspecified atom stereocenters. The van der Waals surface area contributed by atoms with Crippen LogP contribution in [0.25, 0.3) is 0 Å². The second-order valence-electron chi connectivity index (χ2n) is 5.25. The Morgan fingerprint density at radius 3 is 2.65 bits per heavy atom. The molecule has 0 fully saturated rings. The molecule has 0 aliphatic heterocycles. The average Bonchev–Trinajstić information content (AvgIpc) is 2.29. The maximum Gasteiger partial charge on any atom is 0.141 e. The van der Waals surface area contributed by atoms with E-state index in [4.69, 9.17) is 10.5 Å². The summed E-state index contributed by atoms with van der Waals surface area (Å²) in [6, 6.07) is 6.15. The zero-order valence-corrected chi connectivity index (χ0v) is 11.3. The number of hydrogen-bond donors (Lipinski definition) is 2. The van der Waals surface area contributed by atoms with E-state index in [0.717, 1.165) is 24.4 Å². The number of ether oxygens (including phenoxy) is 1. The van der Waals surface area contributed by atoms with Crippen LogP contribution >= 0.6 is 0 Å². The molecule has 0 saturated carbocycles. The second kappa shape index (κ2) is 5.92. The molecule has 0 radical (unpaired) electrons. The molecular weight excluding hydrogens is 212 g/mol. The van der Waals surface area contributed by atoms with Gasteiger partial charge in [0.15, 0.2) is 0 Å². The molecule has 3 heteroatoms. The fourth-order valence-corrected chi connectivity index (χ4v) is 1.60. The molecule has 1 aromatic rings. The molecule has 0 saturated heterocycles. The van der Waals surface area contributed by atoms with E-state index in [9.17, 15) is 0 Å². The van der Waals surface area contributed by atoms with Crippen LogP contribution in [0, 0.1) is 12.3 Å². The fourth-order valence-electron chi connectivity index (χ4n) is 1.60. The van der Waals surface area contributed by atoms with Crippen molar-refractivity contribution in [3.05, 3.63) is 23.8 Å². The summed E-state index contributed by atoms with van der Waals surface area (Å²) in [5.74, 6) is 0.890. The minimum atomic E-state index is 0.185. The third-order valence-electron chi connectivity index (χ3n) is 3.02. The van der Waals surface area contributed by atoms with Gasteiger partial charge < -0.3 is 15.8 Å². The van der Waals surface area contributed by atoms with E-state index in [1.807, 2.05) is 12.1 Å². The first-order valence-electron chi connectivity index (χ1n) is 6.07. The van der Waals surface area contributed by atoms with Gasteiger partial charge in [0, 0.05) is 6.54 Å². The van der Waals surface area contributed by atoms with Crippen LogP contribution in [0.5, 0.6) is 5.75 Å². The van der Waals surface area contributed by atoms with Crippen molar-refractivity contribution < 1.29 is 4.74 Å². The molecule has 0 atom stereocenters. The summed E-state index contributed by atoms with van der Waals surface area (Å²) in [4.78, 5) is 0. The van der Waals surface area contributed by atoms with Gasteiger partial charge in [-0.1, -0.05) is 19.9 Å². The van der Waals surface area contributed by atoms with Crippen molar-refractivity contribution in [3.8, 4) is 5.75 Å². The molecule has 0 aromatic heterocycles. The van der Waals surface area contributed by atoms with Gasteiger partial charge in [-0.15, -0.1) is 0 Å². The highest BCUT2D eigenvalue weighted by Gasteiger charge is 2.14. The lowest BCUT2D eigenvalue weighted by Gasteiger charge is -2.23. The van der Waals surface area contributed by atoms with Crippen LogP contribution in [0.1, 0.15) is 25.8 Å². The first-order valence-corrected chi connectivity index (χ1v) is 6.07. The van der Waals surface area contributed by atoms with Gasteiger partial charge in [-0.3, -0.25) is 0 Å². The van der Waals surface area contributed by atoms with Crippen molar-refractivity contribution >= 4 is 5.69 Å². The van der Waals surface area contributed by atoms with E-state index in [-0.39, 0.29) is 5.41 Å². The topological polar surface area (TPSA) is 47.3 Å². The molecule has 0 heterocycles. The number of anilines is 1. The Labute approximate surface area is 104 Å². The summed E-state index contributed by atoms with van der Waals surface area (Å²) in [5, 5.41) is 3.41. The van der Waals surface area contributed by atoms with E-state index < -0.39 is 0 Å². The first kappa shape index (κ1) is 13.8. The molecule has 0 aliphatic rings. The van der Waals surface area contributed by atoms with E-state index in [1.165, 1.54) is 5.56 Å².